The van der Waals surface area contributed by atoms with Gasteiger partial charge in [-0.2, -0.15) is 0 Å². The molecule has 0 bridgehead atoms. The van der Waals surface area contributed by atoms with Crippen LogP contribution in [0.25, 0.3) is 0 Å². The van der Waals surface area contributed by atoms with Crippen molar-refractivity contribution in [2.24, 2.45) is 0 Å². The van der Waals surface area contributed by atoms with Crippen LogP contribution < -0.4 is 16.4 Å². The number of nitrogen functional groups attached to an aromatic ring is 1. The van der Waals surface area contributed by atoms with Gasteiger partial charge >= 0.3 is 6.09 Å². The Hall–Kier alpha value is -2.05. The molecule has 0 fully saturated rings. The van der Waals surface area contributed by atoms with Gasteiger partial charge in [0.2, 0.25) is 0 Å². The number of nitrogens with one attached hydrogen (secondary N) is 2. The molecule has 2 aromatic rings. The normalized spacial score (nSPS) is 12.7. The fraction of sp³-hybridized carbons (Fsp3) is 0.389. The maximum absolute atomic E-state index is 11.8. The van der Waals surface area contributed by atoms with Crippen LogP contribution in [0.15, 0.2) is 35.7 Å². The summed E-state index contributed by atoms with van der Waals surface area (Å²) in [7, 11) is 0. The van der Waals surface area contributed by atoms with Crippen LogP contribution in [-0.2, 0) is 11.3 Å². The summed E-state index contributed by atoms with van der Waals surface area (Å²) >= 11 is 1.65. The lowest BCUT2D eigenvalue weighted by Gasteiger charge is -2.20. The van der Waals surface area contributed by atoms with Crippen molar-refractivity contribution in [3.63, 3.8) is 0 Å². The molecule has 0 spiro atoms. The molecule has 24 heavy (non-hydrogen) atoms. The number of carbonyl (C=O) groups is 1. The molecule has 1 atom stereocenters. The van der Waals surface area contributed by atoms with E-state index < -0.39 is 11.7 Å². The van der Waals surface area contributed by atoms with E-state index in [1.807, 2.05) is 56.5 Å². The van der Waals surface area contributed by atoms with Crippen LogP contribution in [0.1, 0.15) is 44.2 Å². The highest BCUT2D eigenvalue weighted by molar-refractivity contribution is 7.10. The molecule has 5 nitrogen and oxygen atoms in total. The minimum atomic E-state index is -0.508. The van der Waals surface area contributed by atoms with Gasteiger partial charge in [-0.05, 0) is 56.8 Å². The molecular formula is C18H25N3O2S. The second-order valence-corrected chi connectivity index (χ2v) is 7.65. The predicted octanol–water partition coefficient (Wildman–Crippen LogP) is 4.53. The fourth-order valence-electron chi connectivity index (χ4n) is 2.13. The van der Waals surface area contributed by atoms with Crippen LogP contribution in [0.3, 0.4) is 0 Å². The first kappa shape index (κ1) is 18.3. The summed E-state index contributed by atoms with van der Waals surface area (Å²) in [5, 5.41) is 8.18. The molecule has 2 rings (SSSR count). The summed E-state index contributed by atoms with van der Waals surface area (Å²) in [5.41, 5.74) is 8.07. The average molecular weight is 347 g/mol. The van der Waals surface area contributed by atoms with E-state index in [9.17, 15) is 4.79 Å². The number of thiophene rings is 1. The van der Waals surface area contributed by atoms with Crippen molar-refractivity contribution in [2.75, 3.05) is 11.1 Å². The molecule has 0 radical (unpaired) electrons. The Morgan fingerprint density at radius 3 is 2.46 bits per heavy atom. The van der Waals surface area contributed by atoms with E-state index >= 15 is 0 Å². The Bertz CT molecular complexity index is 674. The zero-order valence-electron chi connectivity index (χ0n) is 14.6. The Morgan fingerprint density at radius 1 is 1.25 bits per heavy atom. The second-order valence-electron chi connectivity index (χ2n) is 6.65. The van der Waals surface area contributed by atoms with Gasteiger partial charge in [0.1, 0.15) is 5.60 Å². The number of nitrogens with two attached hydrogens (primary N) is 1. The third-order valence-electron chi connectivity index (χ3n) is 3.40. The Morgan fingerprint density at radius 2 is 1.92 bits per heavy atom. The van der Waals surface area contributed by atoms with Crippen LogP contribution in [-0.4, -0.2) is 11.7 Å². The topological polar surface area (TPSA) is 76.4 Å². The third-order valence-corrected chi connectivity index (χ3v) is 4.34. The minimum Gasteiger partial charge on any atom is -0.444 e. The zero-order chi connectivity index (χ0) is 17.7. The molecule has 1 aromatic heterocycles. The molecule has 0 saturated heterocycles. The number of ether oxygens (including phenoxy) is 1. The lowest BCUT2D eigenvalue weighted by molar-refractivity contribution is 0.0636. The van der Waals surface area contributed by atoms with Gasteiger partial charge in [-0.15, -0.1) is 11.3 Å². The summed E-state index contributed by atoms with van der Waals surface area (Å²) < 4.78 is 5.24. The predicted molar refractivity (Wildman–Crippen MR) is 100 cm³/mol. The SMILES string of the molecule is CC(NCc1sccc1N)c1ccc(NC(=O)OC(C)(C)C)cc1. The molecule has 0 aliphatic carbocycles. The standard InChI is InChI=1S/C18H25N3O2S/c1-12(20-11-16-15(19)9-10-24-16)13-5-7-14(8-6-13)21-17(22)23-18(2,3)4/h5-10,12,20H,11,19H2,1-4H3,(H,21,22). The van der Waals surface area contributed by atoms with Gasteiger partial charge in [-0.3, -0.25) is 5.32 Å². The Kier molecular flexibility index (Phi) is 5.85. The molecule has 0 aliphatic heterocycles. The van der Waals surface area contributed by atoms with Crippen molar-refractivity contribution in [1.82, 2.24) is 5.32 Å². The first-order valence-corrected chi connectivity index (χ1v) is 8.78. The maximum Gasteiger partial charge on any atom is 0.412 e. The number of rotatable bonds is 5. The van der Waals surface area contributed by atoms with Crippen molar-refractivity contribution in [3.05, 3.63) is 46.2 Å². The van der Waals surface area contributed by atoms with Gasteiger partial charge in [0.25, 0.3) is 0 Å². The number of hydrogen-bond donors (Lipinski definition) is 3. The molecule has 1 aromatic carbocycles. The average Bonchev–Trinajstić information content (AvgIpc) is 2.89. The van der Waals surface area contributed by atoms with E-state index in [0.717, 1.165) is 22.7 Å². The van der Waals surface area contributed by atoms with Gasteiger partial charge in [-0.25, -0.2) is 4.79 Å². The number of benzene rings is 1. The van der Waals surface area contributed by atoms with Crippen molar-refractivity contribution >= 4 is 28.8 Å². The van der Waals surface area contributed by atoms with Crippen molar-refractivity contribution < 1.29 is 9.53 Å². The van der Waals surface area contributed by atoms with E-state index in [2.05, 4.69) is 17.6 Å². The van der Waals surface area contributed by atoms with Crippen molar-refractivity contribution in [1.29, 1.82) is 0 Å². The largest absolute Gasteiger partial charge is 0.444 e. The Labute approximate surface area is 147 Å². The molecule has 1 unspecified atom stereocenters. The quantitative estimate of drug-likeness (QED) is 0.743. The van der Waals surface area contributed by atoms with E-state index in [4.69, 9.17) is 10.5 Å². The molecule has 130 valence electrons. The van der Waals surface area contributed by atoms with E-state index in [0.29, 0.717) is 5.69 Å². The fourth-order valence-corrected chi connectivity index (χ4v) is 2.88. The van der Waals surface area contributed by atoms with E-state index in [1.54, 1.807) is 11.3 Å². The first-order chi connectivity index (χ1) is 11.2. The van der Waals surface area contributed by atoms with E-state index in [-0.39, 0.29) is 6.04 Å². The summed E-state index contributed by atoms with van der Waals surface area (Å²) in [5.74, 6) is 0. The molecule has 0 saturated carbocycles. The number of amides is 1. The van der Waals surface area contributed by atoms with Crippen LogP contribution in [0.4, 0.5) is 16.2 Å². The Balaban J connectivity index is 1.89. The van der Waals surface area contributed by atoms with E-state index in [1.165, 1.54) is 0 Å². The second kappa shape index (κ2) is 7.68. The smallest absolute Gasteiger partial charge is 0.412 e. The summed E-state index contributed by atoms with van der Waals surface area (Å²) in [6, 6.07) is 9.82. The molecule has 1 amide bonds. The van der Waals surface area contributed by atoms with Gasteiger partial charge in [0.05, 0.1) is 0 Å². The zero-order valence-corrected chi connectivity index (χ0v) is 15.4. The first-order valence-electron chi connectivity index (χ1n) is 7.90. The van der Waals surface area contributed by atoms with Gasteiger partial charge in [0.15, 0.2) is 0 Å². The lowest BCUT2D eigenvalue weighted by atomic mass is 10.1. The van der Waals surface area contributed by atoms with Gasteiger partial charge in [0, 0.05) is 28.8 Å². The van der Waals surface area contributed by atoms with Crippen LogP contribution in [0.5, 0.6) is 0 Å². The highest BCUT2D eigenvalue weighted by Gasteiger charge is 2.16. The monoisotopic (exact) mass is 347 g/mol. The highest BCUT2D eigenvalue weighted by Crippen LogP contribution is 2.21. The molecule has 0 aliphatic rings. The summed E-state index contributed by atoms with van der Waals surface area (Å²) in [6.45, 7) is 8.35. The number of hydrogen-bond acceptors (Lipinski definition) is 5. The van der Waals surface area contributed by atoms with Crippen LogP contribution in [0, 0.1) is 0 Å². The van der Waals surface area contributed by atoms with Crippen molar-refractivity contribution in [2.45, 2.75) is 45.9 Å². The molecule has 6 heteroatoms. The van der Waals surface area contributed by atoms with Crippen molar-refractivity contribution in [3.8, 4) is 0 Å². The maximum atomic E-state index is 11.8. The highest BCUT2D eigenvalue weighted by atomic mass is 32.1. The molecule has 4 N–H and O–H groups in total. The number of carbonyl (C=O) groups excluding carboxylic acids is 1. The molecule has 1 heterocycles. The minimum absolute atomic E-state index is 0.182. The number of anilines is 2. The van der Waals surface area contributed by atoms with Crippen LogP contribution in [0.2, 0.25) is 0 Å². The summed E-state index contributed by atoms with van der Waals surface area (Å²) in [6.07, 6.45) is -0.449. The van der Waals surface area contributed by atoms with Gasteiger partial charge in [-0.1, -0.05) is 12.1 Å². The third kappa shape index (κ3) is 5.54. The summed E-state index contributed by atoms with van der Waals surface area (Å²) in [4.78, 5) is 12.9. The molecular weight excluding hydrogens is 322 g/mol. The van der Waals surface area contributed by atoms with Crippen LogP contribution >= 0.6 is 11.3 Å². The lowest BCUT2D eigenvalue weighted by Crippen LogP contribution is -2.27. The van der Waals surface area contributed by atoms with Gasteiger partial charge < -0.3 is 15.8 Å².